The molecule has 5 heteroatoms. The molecular weight excluding hydrogens is 183 g/mol. The quantitative estimate of drug-likeness (QED) is 0.688. The van der Waals surface area contributed by atoms with Crippen molar-refractivity contribution in [3.8, 4) is 0 Å². The first-order valence-electron chi connectivity index (χ1n) is 3.73. The second-order valence-corrected chi connectivity index (χ2v) is 4.51. The summed E-state index contributed by atoms with van der Waals surface area (Å²) in [6, 6.07) is 0. The zero-order valence-electron chi connectivity index (χ0n) is 6.96. The van der Waals surface area contributed by atoms with E-state index in [-0.39, 0.29) is 23.8 Å². The van der Waals surface area contributed by atoms with Crippen LogP contribution < -0.4 is 0 Å². The maximum absolute atomic E-state index is 11.6. The predicted molar refractivity (Wildman–Crippen MR) is 45.3 cm³/mol. The summed E-state index contributed by atoms with van der Waals surface area (Å²) in [6.45, 7) is 1.11. The van der Waals surface area contributed by atoms with Gasteiger partial charge in [0.25, 0.3) is 0 Å². The van der Waals surface area contributed by atoms with E-state index in [1.807, 2.05) is 0 Å². The van der Waals surface area contributed by atoms with Crippen LogP contribution in [0.15, 0.2) is 0 Å². The summed E-state index contributed by atoms with van der Waals surface area (Å²) in [7, 11) is -1.21. The minimum absolute atomic E-state index is 0.112. The number of aliphatic carboxylic acids is 1. The summed E-state index contributed by atoms with van der Waals surface area (Å²) in [6.07, 6.45) is 0.134. The van der Waals surface area contributed by atoms with Crippen molar-refractivity contribution < 1.29 is 18.5 Å². The number of carboxylic acid groups (broad SMARTS) is 1. The Hall–Kier alpha value is -0.450. The molecule has 0 aliphatic heterocycles. The minimum atomic E-state index is -1.21. The van der Waals surface area contributed by atoms with E-state index in [0.717, 1.165) is 0 Å². The van der Waals surface area contributed by atoms with Gasteiger partial charge in [-0.05, 0) is 6.42 Å². The predicted octanol–water partition coefficient (Wildman–Crippen LogP) is 0.958. The van der Waals surface area contributed by atoms with Crippen LogP contribution in [0.25, 0.3) is 0 Å². The number of rotatable bonds is 6. The van der Waals surface area contributed by atoms with Crippen LogP contribution in [0.1, 0.15) is 19.8 Å². The molecule has 0 saturated carbocycles. The Bertz CT molecular complexity index is 172. The second kappa shape index (κ2) is 6.11. The van der Waals surface area contributed by atoms with Crippen molar-refractivity contribution in [1.82, 2.24) is 0 Å². The lowest BCUT2D eigenvalue weighted by molar-refractivity contribution is -0.136. The highest BCUT2D eigenvalue weighted by atomic mass is 32.2. The van der Waals surface area contributed by atoms with Crippen LogP contribution in [0.3, 0.4) is 0 Å². The van der Waals surface area contributed by atoms with Gasteiger partial charge >= 0.3 is 5.97 Å². The highest BCUT2D eigenvalue weighted by Crippen LogP contribution is 2.03. The fraction of sp³-hybridized carbons (Fsp3) is 0.857. The first-order chi connectivity index (χ1) is 5.57. The van der Waals surface area contributed by atoms with E-state index >= 15 is 0 Å². The third-order valence-corrected chi connectivity index (χ3v) is 3.15. The average molecular weight is 196 g/mol. The molecule has 0 aromatic carbocycles. The Morgan fingerprint density at radius 2 is 2.25 bits per heavy atom. The normalized spacial score (nSPS) is 15.5. The molecule has 0 heterocycles. The molecule has 0 bridgehead atoms. The summed E-state index contributed by atoms with van der Waals surface area (Å²) < 4.78 is 22.7. The number of alkyl halides is 1. The lowest BCUT2D eigenvalue weighted by Gasteiger charge is -2.06. The fourth-order valence-electron chi connectivity index (χ4n) is 0.737. The molecule has 3 nitrogen and oxygen atoms in total. The first kappa shape index (κ1) is 11.6. The third kappa shape index (κ3) is 5.23. The van der Waals surface area contributed by atoms with Gasteiger partial charge in [-0.1, -0.05) is 6.92 Å². The zero-order chi connectivity index (χ0) is 9.56. The van der Waals surface area contributed by atoms with Crippen molar-refractivity contribution in [2.24, 2.45) is 0 Å². The molecule has 0 spiro atoms. The summed E-state index contributed by atoms with van der Waals surface area (Å²) in [5, 5.41) is 7.97. The molecule has 2 unspecified atom stereocenters. The van der Waals surface area contributed by atoms with Crippen molar-refractivity contribution in [2.45, 2.75) is 25.0 Å². The molecule has 0 radical (unpaired) electrons. The number of carbonyl (C=O) groups is 1. The van der Waals surface area contributed by atoms with Gasteiger partial charge in [-0.3, -0.25) is 13.4 Å². The lowest BCUT2D eigenvalue weighted by Crippen LogP contribution is -2.18. The van der Waals surface area contributed by atoms with E-state index in [1.165, 1.54) is 0 Å². The van der Waals surface area contributed by atoms with Crippen LogP contribution in [0, 0.1) is 0 Å². The Balaban J connectivity index is 3.69. The van der Waals surface area contributed by atoms with E-state index in [1.54, 1.807) is 6.92 Å². The van der Waals surface area contributed by atoms with Crippen molar-refractivity contribution in [1.29, 1.82) is 0 Å². The topological polar surface area (TPSA) is 54.4 Å². The molecule has 0 amide bonds. The molecule has 1 N–H and O–H groups in total. The molecule has 2 atom stereocenters. The monoisotopic (exact) mass is 196 g/mol. The molecule has 0 aliphatic rings. The van der Waals surface area contributed by atoms with E-state index < -0.39 is 23.4 Å². The van der Waals surface area contributed by atoms with Gasteiger partial charge in [0.05, 0.1) is 13.1 Å². The van der Waals surface area contributed by atoms with Gasteiger partial charge in [0.15, 0.2) is 0 Å². The molecular formula is C7H13FO3S. The van der Waals surface area contributed by atoms with Crippen molar-refractivity contribution >= 4 is 16.8 Å². The smallest absolute Gasteiger partial charge is 0.304 e. The summed E-state index contributed by atoms with van der Waals surface area (Å²) >= 11 is 0. The van der Waals surface area contributed by atoms with Crippen molar-refractivity contribution in [3.05, 3.63) is 0 Å². The van der Waals surface area contributed by atoms with Crippen LogP contribution in [0.4, 0.5) is 4.39 Å². The van der Waals surface area contributed by atoms with Crippen LogP contribution >= 0.6 is 0 Å². The SMILES string of the molecule is CC(CC(=O)O)S(=O)CCCF. The molecule has 0 saturated heterocycles. The number of carboxylic acids is 1. The molecule has 12 heavy (non-hydrogen) atoms. The first-order valence-corrected chi connectivity index (χ1v) is 5.11. The highest BCUT2D eigenvalue weighted by molar-refractivity contribution is 7.85. The molecule has 0 aromatic rings. The van der Waals surface area contributed by atoms with Gasteiger partial charge in [-0.2, -0.15) is 0 Å². The lowest BCUT2D eigenvalue weighted by atomic mass is 10.3. The van der Waals surface area contributed by atoms with E-state index in [4.69, 9.17) is 5.11 Å². The van der Waals surface area contributed by atoms with Crippen molar-refractivity contribution in [2.75, 3.05) is 12.4 Å². The zero-order valence-corrected chi connectivity index (χ0v) is 7.77. The van der Waals surface area contributed by atoms with Crippen LogP contribution in [0.5, 0.6) is 0 Å². The van der Waals surface area contributed by atoms with Crippen LogP contribution in [0.2, 0.25) is 0 Å². The van der Waals surface area contributed by atoms with Gasteiger partial charge in [-0.25, -0.2) is 0 Å². The van der Waals surface area contributed by atoms with Crippen molar-refractivity contribution in [3.63, 3.8) is 0 Å². The summed E-state index contributed by atoms with van der Waals surface area (Å²) in [5.41, 5.74) is 0. The van der Waals surface area contributed by atoms with E-state index in [2.05, 4.69) is 0 Å². The number of hydrogen-bond acceptors (Lipinski definition) is 2. The fourth-order valence-corrected chi connectivity index (χ4v) is 1.86. The van der Waals surface area contributed by atoms with Gasteiger partial charge in [0.2, 0.25) is 0 Å². The molecule has 0 aromatic heterocycles. The number of hydrogen-bond donors (Lipinski definition) is 1. The molecule has 0 rings (SSSR count). The maximum atomic E-state index is 11.6. The highest BCUT2D eigenvalue weighted by Gasteiger charge is 2.13. The molecule has 0 aliphatic carbocycles. The van der Waals surface area contributed by atoms with Gasteiger partial charge in [-0.15, -0.1) is 0 Å². The minimum Gasteiger partial charge on any atom is -0.481 e. The summed E-state index contributed by atoms with van der Waals surface area (Å²) in [5.74, 6) is -0.707. The number of halogens is 1. The molecule has 72 valence electrons. The maximum Gasteiger partial charge on any atom is 0.304 e. The van der Waals surface area contributed by atoms with Crippen LogP contribution in [-0.2, 0) is 15.6 Å². The third-order valence-electron chi connectivity index (χ3n) is 1.39. The van der Waals surface area contributed by atoms with Gasteiger partial charge < -0.3 is 5.11 Å². The second-order valence-electron chi connectivity index (χ2n) is 2.54. The van der Waals surface area contributed by atoms with Gasteiger partial charge in [0.1, 0.15) is 0 Å². The molecule has 0 fully saturated rings. The van der Waals surface area contributed by atoms with E-state index in [0.29, 0.717) is 0 Å². The average Bonchev–Trinajstić information content (AvgIpc) is 1.98. The van der Waals surface area contributed by atoms with Gasteiger partial charge in [0, 0.05) is 21.8 Å². The standard InChI is InChI=1S/C7H13FO3S/c1-6(5-7(9)10)12(11)4-2-3-8/h6H,2-5H2,1H3,(H,9,10). The Kier molecular flexibility index (Phi) is 5.88. The Labute approximate surface area is 73.4 Å². The van der Waals surface area contributed by atoms with Crippen LogP contribution in [-0.4, -0.2) is 33.0 Å². The Morgan fingerprint density at radius 3 is 2.67 bits per heavy atom. The van der Waals surface area contributed by atoms with E-state index in [9.17, 15) is 13.4 Å². The Morgan fingerprint density at radius 1 is 1.67 bits per heavy atom. The largest absolute Gasteiger partial charge is 0.481 e. The summed E-state index contributed by atoms with van der Waals surface area (Å²) in [4.78, 5) is 10.2.